The summed E-state index contributed by atoms with van der Waals surface area (Å²) in [6.07, 6.45) is 1.53. The van der Waals surface area contributed by atoms with Crippen LogP contribution in [-0.2, 0) is 26.0 Å². The molecule has 2 unspecified atom stereocenters. The summed E-state index contributed by atoms with van der Waals surface area (Å²) < 4.78 is 42.2. The summed E-state index contributed by atoms with van der Waals surface area (Å²) >= 11 is 1.38. The number of nitrogens with zero attached hydrogens (tertiary/aromatic N) is 1. The number of alkyl carbamates (subject to hydrolysis) is 1. The van der Waals surface area contributed by atoms with Gasteiger partial charge >= 0.3 is 12.1 Å². The third-order valence-corrected chi connectivity index (χ3v) is 10.0. The molecule has 11 nitrogen and oxygen atoms in total. The molecule has 0 radical (unpaired) electrons. The first-order chi connectivity index (χ1) is 20.4. The standard InChI is InChI=1S/C30H37N5O6S2/c1-18(2)41-29(37)34-22-12-20-14-30(3,4)35-43(38,39)25-13-21(33-28(36)32-15-19-8-6-5-7-9-19)10-11-23(25)24-16-31-27(42-24)26(20)40-17-22/h5-11,13,16,18,20,22,26,35H,12,14-15,17H2,1-4H3,(H,34,37)(H2,32,33,36)/t20?,22-,26?/m0/s1. The summed E-state index contributed by atoms with van der Waals surface area (Å²) in [5.41, 5.74) is 0.887. The average molecular weight is 628 g/mol. The first kappa shape index (κ1) is 30.9. The van der Waals surface area contributed by atoms with Crippen LogP contribution >= 0.6 is 11.3 Å². The second kappa shape index (κ2) is 12.6. The number of nitrogens with one attached hydrogen (secondary N) is 4. The van der Waals surface area contributed by atoms with E-state index in [1.807, 2.05) is 44.2 Å². The zero-order valence-corrected chi connectivity index (χ0v) is 26.2. The average Bonchev–Trinajstić information content (AvgIpc) is 3.40. The van der Waals surface area contributed by atoms with E-state index in [2.05, 4.69) is 25.7 Å². The van der Waals surface area contributed by atoms with E-state index in [9.17, 15) is 18.0 Å². The molecule has 2 aliphatic heterocycles. The number of thiazole rings is 1. The summed E-state index contributed by atoms with van der Waals surface area (Å²) in [4.78, 5) is 30.3. The Kier molecular flexibility index (Phi) is 9.07. The number of ether oxygens (including phenoxy) is 2. The molecule has 1 aromatic heterocycles. The van der Waals surface area contributed by atoms with Gasteiger partial charge in [-0.3, -0.25) is 0 Å². The Labute approximate surface area is 255 Å². The number of sulfonamides is 1. The first-order valence-electron chi connectivity index (χ1n) is 14.2. The van der Waals surface area contributed by atoms with Gasteiger partial charge in [-0.15, -0.1) is 11.3 Å². The molecule has 1 saturated heterocycles. The number of hydrogen-bond donors (Lipinski definition) is 4. The predicted molar refractivity (Wildman–Crippen MR) is 164 cm³/mol. The summed E-state index contributed by atoms with van der Waals surface area (Å²) in [5.74, 6) is -0.137. The van der Waals surface area contributed by atoms with Gasteiger partial charge in [0.25, 0.3) is 0 Å². The van der Waals surface area contributed by atoms with Crippen molar-refractivity contribution < 1.29 is 27.5 Å². The van der Waals surface area contributed by atoms with Gasteiger partial charge in [-0.05, 0) is 64.2 Å². The predicted octanol–water partition coefficient (Wildman–Crippen LogP) is 5.17. The monoisotopic (exact) mass is 627 g/mol. The minimum absolute atomic E-state index is 0.0402. The molecular formula is C30H37N5O6S2. The molecule has 3 aromatic rings. The third kappa shape index (κ3) is 7.71. The Hall–Kier alpha value is -3.52. The topological polar surface area (TPSA) is 148 Å². The number of aromatic nitrogens is 1. The van der Waals surface area contributed by atoms with Crippen LogP contribution in [0.1, 0.15) is 57.2 Å². The third-order valence-electron chi connectivity index (χ3n) is 7.20. The fraction of sp³-hybridized carbons (Fsp3) is 0.433. The highest BCUT2D eigenvalue weighted by molar-refractivity contribution is 7.89. The summed E-state index contributed by atoms with van der Waals surface area (Å²) in [5, 5.41) is 9.16. The van der Waals surface area contributed by atoms with Crippen LogP contribution in [0.3, 0.4) is 0 Å². The number of rotatable bonds is 5. The van der Waals surface area contributed by atoms with E-state index in [4.69, 9.17) is 9.47 Å². The van der Waals surface area contributed by atoms with Gasteiger partial charge in [0, 0.05) is 29.5 Å². The van der Waals surface area contributed by atoms with Crippen LogP contribution < -0.4 is 20.7 Å². The zero-order valence-electron chi connectivity index (χ0n) is 24.5. The lowest BCUT2D eigenvalue weighted by Crippen LogP contribution is -2.49. The molecule has 2 aromatic carbocycles. The maximum Gasteiger partial charge on any atom is 0.407 e. The lowest BCUT2D eigenvalue weighted by Gasteiger charge is -2.39. The SMILES string of the molecule is CC(C)OC(=O)N[C@@H]1COC2c3ncc(s3)-c3ccc(NC(=O)NCc4ccccc4)cc3S(=O)(=O)NC(C)(C)CC2C1. The van der Waals surface area contributed by atoms with E-state index in [-0.39, 0.29) is 35.7 Å². The van der Waals surface area contributed by atoms with Crippen molar-refractivity contribution >= 4 is 39.2 Å². The Morgan fingerprint density at radius 3 is 2.70 bits per heavy atom. The van der Waals surface area contributed by atoms with Gasteiger partial charge < -0.3 is 25.4 Å². The van der Waals surface area contributed by atoms with E-state index < -0.39 is 27.7 Å². The molecule has 0 spiro atoms. The molecule has 230 valence electrons. The highest BCUT2D eigenvalue weighted by Crippen LogP contribution is 2.44. The Bertz CT molecular complexity index is 1570. The number of carbonyl (C=O) groups is 2. The smallest absolute Gasteiger partial charge is 0.407 e. The molecule has 5 rings (SSSR count). The van der Waals surface area contributed by atoms with Crippen molar-refractivity contribution in [2.24, 2.45) is 5.92 Å². The minimum Gasteiger partial charge on any atom is -0.447 e. The minimum atomic E-state index is -4.04. The second-order valence-corrected chi connectivity index (χ2v) is 14.5. The Balaban J connectivity index is 1.40. The zero-order chi connectivity index (χ0) is 30.8. The lowest BCUT2D eigenvalue weighted by atomic mass is 9.82. The first-order valence-corrected chi connectivity index (χ1v) is 16.5. The summed E-state index contributed by atoms with van der Waals surface area (Å²) in [7, 11) is -4.04. The maximum atomic E-state index is 13.9. The highest BCUT2D eigenvalue weighted by atomic mass is 32.2. The van der Waals surface area contributed by atoms with Crippen LogP contribution in [0.2, 0.25) is 0 Å². The van der Waals surface area contributed by atoms with Gasteiger partial charge in [0.1, 0.15) is 11.1 Å². The van der Waals surface area contributed by atoms with Crippen molar-refractivity contribution in [2.45, 2.75) is 75.8 Å². The van der Waals surface area contributed by atoms with Crippen LogP contribution in [0.5, 0.6) is 0 Å². The normalized spacial score (nSPS) is 22.3. The Morgan fingerprint density at radius 1 is 1.19 bits per heavy atom. The van der Waals surface area contributed by atoms with E-state index in [0.29, 0.717) is 35.5 Å². The Morgan fingerprint density at radius 2 is 1.95 bits per heavy atom. The lowest BCUT2D eigenvalue weighted by molar-refractivity contribution is -0.0534. The van der Waals surface area contributed by atoms with Crippen molar-refractivity contribution in [3.05, 3.63) is 65.3 Å². The quantitative estimate of drug-likeness (QED) is 0.305. The van der Waals surface area contributed by atoms with Crippen molar-refractivity contribution in [3.63, 3.8) is 0 Å². The van der Waals surface area contributed by atoms with Crippen LogP contribution in [0.25, 0.3) is 10.4 Å². The number of hydrogen-bond acceptors (Lipinski definition) is 8. The summed E-state index contributed by atoms with van der Waals surface area (Å²) in [6, 6.07) is 13.6. The van der Waals surface area contributed by atoms with Gasteiger partial charge in [-0.1, -0.05) is 36.4 Å². The van der Waals surface area contributed by atoms with Gasteiger partial charge in [0.15, 0.2) is 0 Å². The fourth-order valence-electron chi connectivity index (χ4n) is 5.53. The molecule has 3 heterocycles. The van der Waals surface area contributed by atoms with E-state index in [1.165, 1.54) is 17.4 Å². The number of amides is 3. The number of anilines is 1. The molecule has 2 bridgehead atoms. The van der Waals surface area contributed by atoms with E-state index in [0.717, 1.165) is 10.6 Å². The van der Waals surface area contributed by atoms with E-state index >= 15 is 0 Å². The van der Waals surface area contributed by atoms with Gasteiger partial charge in [0.2, 0.25) is 10.0 Å². The molecule has 43 heavy (non-hydrogen) atoms. The molecule has 3 atom stereocenters. The fourth-order valence-corrected chi connectivity index (χ4v) is 8.37. The van der Waals surface area contributed by atoms with Gasteiger partial charge in [0.05, 0.1) is 28.5 Å². The highest BCUT2D eigenvalue weighted by Gasteiger charge is 2.41. The van der Waals surface area contributed by atoms with Crippen LogP contribution in [-0.4, -0.2) is 49.8 Å². The largest absolute Gasteiger partial charge is 0.447 e. The molecule has 13 heteroatoms. The van der Waals surface area contributed by atoms with Crippen molar-refractivity contribution in [1.29, 1.82) is 0 Å². The van der Waals surface area contributed by atoms with Crippen molar-refractivity contribution in [1.82, 2.24) is 20.3 Å². The number of fused-ring (bicyclic) bond motifs is 6. The number of benzene rings is 2. The van der Waals surface area contributed by atoms with E-state index in [1.54, 1.807) is 32.2 Å². The molecule has 3 amide bonds. The molecule has 0 saturated carbocycles. The second-order valence-electron chi connectivity index (χ2n) is 11.8. The maximum absolute atomic E-state index is 13.9. The molecule has 1 fully saturated rings. The van der Waals surface area contributed by atoms with Crippen molar-refractivity contribution in [3.8, 4) is 10.4 Å². The van der Waals surface area contributed by atoms with Crippen molar-refractivity contribution in [2.75, 3.05) is 11.9 Å². The molecule has 2 aliphatic rings. The molecule has 0 aliphatic carbocycles. The van der Waals surface area contributed by atoms with Gasteiger partial charge in [-0.25, -0.2) is 27.7 Å². The summed E-state index contributed by atoms with van der Waals surface area (Å²) in [6.45, 7) is 7.83. The van der Waals surface area contributed by atoms with Crippen LogP contribution in [0.4, 0.5) is 15.3 Å². The number of carbonyl (C=O) groups excluding carboxylic acids is 2. The van der Waals surface area contributed by atoms with Crippen LogP contribution in [0.15, 0.2) is 59.6 Å². The van der Waals surface area contributed by atoms with Gasteiger partial charge in [-0.2, -0.15) is 0 Å². The number of urea groups is 1. The molecule has 4 N–H and O–H groups in total. The van der Waals surface area contributed by atoms with Crippen LogP contribution in [0, 0.1) is 5.92 Å². The molecular weight excluding hydrogens is 590 g/mol.